The van der Waals surface area contributed by atoms with Crippen LogP contribution in [0.4, 0.5) is 0 Å². The highest BCUT2D eigenvalue weighted by atomic mass is 16.5. The average Bonchev–Trinajstić information content (AvgIpc) is 2.73. The maximum Gasteiger partial charge on any atom is 0.308 e. The fourth-order valence-electron chi connectivity index (χ4n) is 3.62. The summed E-state index contributed by atoms with van der Waals surface area (Å²) in [5.41, 5.74) is 3.45. The van der Waals surface area contributed by atoms with Crippen LogP contribution >= 0.6 is 0 Å². The van der Waals surface area contributed by atoms with Crippen LogP contribution in [0.15, 0.2) is 59.7 Å². The SMILES string of the molecule is CC(=O)N1C=Cc2ccccc2[C@H]1CC(=O)OCc1cc(=O)n2cc(C)ccc2n1. The lowest BCUT2D eigenvalue weighted by molar-refractivity contribution is -0.147. The van der Waals surface area contributed by atoms with E-state index in [1.807, 2.05) is 43.3 Å². The number of fused-ring (bicyclic) bond motifs is 2. The van der Waals surface area contributed by atoms with Crippen LogP contribution in [0.2, 0.25) is 0 Å². The molecule has 1 atom stereocenters. The zero-order valence-electron chi connectivity index (χ0n) is 16.7. The number of carbonyl (C=O) groups excluding carboxylic acids is 2. The van der Waals surface area contributed by atoms with Crippen molar-refractivity contribution < 1.29 is 14.3 Å². The van der Waals surface area contributed by atoms with E-state index in [0.717, 1.165) is 16.7 Å². The van der Waals surface area contributed by atoms with Crippen LogP contribution in [0.1, 0.15) is 41.8 Å². The number of carbonyl (C=O) groups is 2. The number of benzene rings is 1. The third-order valence-electron chi connectivity index (χ3n) is 5.07. The highest BCUT2D eigenvalue weighted by Crippen LogP contribution is 2.33. The van der Waals surface area contributed by atoms with Gasteiger partial charge in [-0.25, -0.2) is 4.98 Å². The van der Waals surface area contributed by atoms with E-state index in [0.29, 0.717) is 11.3 Å². The summed E-state index contributed by atoms with van der Waals surface area (Å²) in [6.45, 7) is 3.25. The molecule has 0 spiro atoms. The Hall–Kier alpha value is -3.74. The lowest BCUT2D eigenvalue weighted by Crippen LogP contribution is -2.32. The first-order valence-corrected chi connectivity index (χ1v) is 9.63. The number of esters is 1. The molecule has 30 heavy (non-hydrogen) atoms. The molecule has 2 aromatic heterocycles. The molecular weight excluding hydrogens is 382 g/mol. The highest BCUT2D eigenvalue weighted by Gasteiger charge is 2.28. The smallest absolute Gasteiger partial charge is 0.308 e. The maximum atomic E-state index is 12.6. The third-order valence-corrected chi connectivity index (χ3v) is 5.07. The quantitative estimate of drug-likeness (QED) is 0.626. The Labute approximate surface area is 173 Å². The van der Waals surface area contributed by atoms with E-state index in [2.05, 4.69) is 4.98 Å². The second-order valence-corrected chi connectivity index (χ2v) is 7.27. The molecule has 7 nitrogen and oxygen atoms in total. The average molecular weight is 403 g/mol. The van der Waals surface area contributed by atoms with Crippen molar-refractivity contribution in [1.82, 2.24) is 14.3 Å². The number of aryl methyl sites for hydroxylation is 1. The summed E-state index contributed by atoms with van der Waals surface area (Å²) in [5, 5.41) is 0. The van der Waals surface area contributed by atoms with Crippen molar-refractivity contribution >= 4 is 23.6 Å². The van der Waals surface area contributed by atoms with Crippen molar-refractivity contribution in [2.24, 2.45) is 0 Å². The van der Waals surface area contributed by atoms with Gasteiger partial charge in [-0.15, -0.1) is 0 Å². The minimum atomic E-state index is -0.470. The van der Waals surface area contributed by atoms with Gasteiger partial charge < -0.3 is 9.64 Å². The summed E-state index contributed by atoms with van der Waals surface area (Å²) in [7, 11) is 0. The number of pyridine rings is 1. The minimum Gasteiger partial charge on any atom is -0.459 e. The molecule has 0 saturated carbocycles. The Bertz CT molecular complexity index is 1230. The van der Waals surface area contributed by atoms with Gasteiger partial charge in [-0.2, -0.15) is 0 Å². The zero-order chi connectivity index (χ0) is 21.3. The fourth-order valence-corrected chi connectivity index (χ4v) is 3.62. The normalized spacial score (nSPS) is 15.1. The first-order chi connectivity index (χ1) is 14.4. The Balaban J connectivity index is 1.50. The summed E-state index contributed by atoms with van der Waals surface area (Å²) in [5.74, 6) is -0.625. The number of aromatic nitrogens is 2. The first-order valence-electron chi connectivity index (χ1n) is 9.63. The number of amides is 1. The first kappa shape index (κ1) is 19.6. The Kier molecular flexibility index (Phi) is 5.18. The molecule has 1 amide bonds. The topological polar surface area (TPSA) is 81.0 Å². The lowest BCUT2D eigenvalue weighted by atomic mass is 9.94. The van der Waals surface area contributed by atoms with E-state index in [1.165, 1.54) is 22.3 Å². The van der Waals surface area contributed by atoms with Crippen LogP contribution in [0.3, 0.4) is 0 Å². The van der Waals surface area contributed by atoms with Crippen LogP contribution in [0.25, 0.3) is 11.7 Å². The van der Waals surface area contributed by atoms with Gasteiger partial charge in [-0.1, -0.05) is 30.3 Å². The molecule has 0 radical (unpaired) electrons. The van der Waals surface area contributed by atoms with E-state index in [4.69, 9.17) is 4.74 Å². The van der Waals surface area contributed by atoms with Gasteiger partial charge in [0.1, 0.15) is 12.3 Å². The van der Waals surface area contributed by atoms with E-state index in [1.54, 1.807) is 18.5 Å². The standard InChI is InChI=1S/C23H21N3O4/c1-15-7-8-21-24-18(11-22(28)26(21)13-15)14-30-23(29)12-20-19-6-4-3-5-17(19)9-10-25(20)16(2)27/h3-11,13,20H,12,14H2,1-2H3/t20-/m1/s1. The largest absolute Gasteiger partial charge is 0.459 e. The molecule has 3 aromatic rings. The van der Waals surface area contributed by atoms with Gasteiger partial charge in [0.2, 0.25) is 5.91 Å². The van der Waals surface area contributed by atoms with E-state index >= 15 is 0 Å². The van der Waals surface area contributed by atoms with Gasteiger partial charge in [0, 0.05) is 25.4 Å². The zero-order valence-corrected chi connectivity index (χ0v) is 16.7. The number of nitrogens with zero attached hydrogens (tertiary/aromatic N) is 3. The Morgan fingerprint density at radius 2 is 1.97 bits per heavy atom. The molecule has 1 aromatic carbocycles. The second-order valence-electron chi connectivity index (χ2n) is 7.27. The maximum absolute atomic E-state index is 12.6. The molecule has 0 saturated heterocycles. The molecular formula is C23H21N3O4. The number of hydrogen-bond acceptors (Lipinski definition) is 5. The monoisotopic (exact) mass is 403 g/mol. The summed E-state index contributed by atoms with van der Waals surface area (Å²) in [4.78, 5) is 42.8. The van der Waals surface area contributed by atoms with Gasteiger partial charge in [-0.3, -0.25) is 18.8 Å². The van der Waals surface area contributed by atoms with Crippen molar-refractivity contribution in [3.8, 4) is 0 Å². The number of rotatable bonds is 4. The lowest BCUT2D eigenvalue weighted by Gasteiger charge is -2.32. The summed E-state index contributed by atoms with van der Waals surface area (Å²) >= 11 is 0. The summed E-state index contributed by atoms with van der Waals surface area (Å²) < 4.78 is 6.84. The predicted molar refractivity (Wildman–Crippen MR) is 111 cm³/mol. The highest BCUT2D eigenvalue weighted by molar-refractivity contribution is 5.80. The molecule has 7 heteroatoms. The molecule has 0 fully saturated rings. The Morgan fingerprint density at radius 1 is 1.17 bits per heavy atom. The van der Waals surface area contributed by atoms with Gasteiger partial charge >= 0.3 is 5.97 Å². The van der Waals surface area contributed by atoms with Gasteiger partial charge in [0.25, 0.3) is 5.56 Å². The number of ether oxygens (including phenoxy) is 1. The molecule has 1 aliphatic heterocycles. The summed E-state index contributed by atoms with van der Waals surface area (Å²) in [6.07, 6.45) is 5.26. The molecule has 0 N–H and O–H groups in total. The molecule has 4 rings (SSSR count). The van der Waals surface area contributed by atoms with E-state index < -0.39 is 12.0 Å². The molecule has 0 aliphatic carbocycles. The van der Waals surface area contributed by atoms with Gasteiger partial charge in [0.15, 0.2) is 0 Å². The van der Waals surface area contributed by atoms with Crippen molar-refractivity contribution in [3.63, 3.8) is 0 Å². The third kappa shape index (κ3) is 3.87. The van der Waals surface area contributed by atoms with Gasteiger partial charge in [0.05, 0.1) is 18.2 Å². The summed E-state index contributed by atoms with van der Waals surface area (Å²) in [6, 6.07) is 12.2. The van der Waals surface area contributed by atoms with Crippen LogP contribution < -0.4 is 5.56 Å². The second kappa shape index (κ2) is 7.94. The van der Waals surface area contributed by atoms with Crippen molar-refractivity contribution in [2.45, 2.75) is 32.9 Å². The Morgan fingerprint density at radius 3 is 2.77 bits per heavy atom. The fraction of sp³-hybridized carbons (Fsp3) is 0.217. The van der Waals surface area contributed by atoms with E-state index in [-0.39, 0.29) is 24.5 Å². The molecule has 152 valence electrons. The van der Waals surface area contributed by atoms with Crippen molar-refractivity contribution in [2.75, 3.05) is 0 Å². The van der Waals surface area contributed by atoms with Crippen LogP contribution in [0, 0.1) is 6.92 Å². The van der Waals surface area contributed by atoms with E-state index in [9.17, 15) is 14.4 Å². The van der Waals surface area contributed by atoms with Gasteiger partial charge in [-0.05, 0) is 35.8 Å². The minimum absolute atomic E-state index is 0.00664. The van der Waals surface area contributed by atoms with Crippen LogP contribution in [-0.4, -0.2) is 26.2 Å². The van der Waals surface area contributed by atoms with Crippen LogP contribution in [0.5, 0.6) is 0 Å². The molecule has 0 bridgehead atoms. The predicted octanol–water partition coefficient (Wildman–Crippen LogP) is 3.01. The van der Waals surface area contributed by atoms with Crippen molar-refractivity contribution in [1.29, 1.82) is 0 Å². The molecule has 3 heterocycles. The molecule has 1 aliphatic rings. The van der Waals surface area contributed by atoms with Crippen LogP contribution in [-0.2, 0) is 20.9 Å². The molecule has 0 unspecified atom stereocenters. The van der Waals surface area contributed by atoms with Crippen molar-refractivity contribution in [3.05, 3.63) is 87.6 Å². The number of hydrogen-bond donors (Lipinski definition) is 0.